The number of pyridine rings is 1. The molecular weight excluding hydrogens is 240 g/mol. The molecule has 0 saturated heterocycles. The largest absolute Gasteiger partial charge is 0.348 e. The van der Waals surface area contributed by atoms with Gasteiger partial charge in [0.1, 0.15) is 0 Å². The number of H-pyrrole nitrogens is 1. The highest BCUT2D eigenvalue weighted by atomic mass is 16.1. The third-order valence-corrected chi connectivity index (χ3v) is 2.86. The van der Waals surface area contributed by atoms with Gasteiger partial charge in [-0.1, -0.05) is 6.07 Å². The van der Waals surface area contributed by atoms with Crippen molar-refractivity contribution in [2.45, 2.75) is 6.54 Å². The molecule has 0 radical (unpaired) electrons. The van der Waals surface area contributed by atoms with Crippen molar-refractivity contribution in [3.63, 3.8) is 0 Å². The van der Waals surface area contributed by atoms with Crippen LogP contribution in [0.25, 0.3) is 11.0 Å². The lowest BCUT2D eigenvalue weighted by Crippen LogP contribution is -2.22. The lowest BCUT2D eigenvalue weighted by atomic mass is 10.2. The number of carbonyl (C=O) groups is 1. The highest BCUT2D eigenvalue weighted by Crippen LogP contribution is 2.11. The van der Waals surface area contributed by atoms with Crippen LogP contribution >= 0.6 is 0 Å². The van der Waals surface area contributed by atoms with Gasteiger partial charge in [-0.25, -0.2) is 4.98 Å². The summed E-state index contributed by atoms with van der Waals surface area (Å²) in [5, 5.41) is 2.86. The van der Waals surface area contributed by atoms with E-state index in [1.54, 1.807) is 30.9 Å². The Labute approximate surface area is 109 Å². The molecule has 1 aromatic carbocycles. The van der Waals surface area contributed by atoms with Gasteiger partial charge in [-0.05, 0) is 29.8 Å². The van der Waals surface area contributed by atoms with Gasteiger partial charge < -0.3 is 10.3 Å². The Morgan fingerprint density at radius 3 is 3.11 bits per heavy atom. The van der Waals surface area contributed by atoms with Crippen LogP contribution in [-0.4, -0.2) is 20.9 Å². The Morgan fingerprint density at radius 1 is 1.32 bits per heavy atom. The maximum Gasteiger partial charge on any atom is 0.253 e. The van der Waals surface area contributed by atoms with E-state index in [2.05, 4.69) is 20.3 Å². The number of rotatable bonds is 3. The van der Waals surface area contributed by atoms with Gasteiger partial charge in [-0.3, -0.25) is 9.78 Å². The van der Waals surface area contributed by atoms with Crippen molar-refractivity contribution in [1.29, 1.82) is 0 Å². The fourth-order valence-electron chi connectivity index (χ4n) is 1.87. The van der Waals surface area contributed by atoms with Gasteiger partial charge in [0.15, 0.2) is 0 Å². The summed E-state index contributed by atoms with van der Waals surface area (Å²) in [6.07, 6.45) is 4.85. The standard InChI is InChI=1S/C14H12N4O/c19-14(11-2-1-5-15-8-11)16-7-10-3-4-12-13(6-10)18-9-17-12/h1-6,8-9H,7H2,(H,16,19)(H,17,18). The summed E-state index contributed by atoms with van der Waals surface area (Å²) >= 11 is 0. The molecule has 0 spiro atoms. The molecule has 0 saturated carbocycles. The van der Waals surface area contributed by atoms with Crippen molar-refractivity contribution >= 4 is 16.9 Å². The topological polar surface area (TPSA) is 70.7 Å². The number of imidazole rings is 1. The number of hydrogen-bond acceptors (Lipinski definition) is 3. The fourth-order valence-corrected chi connectivity index (χ4v) is 1.87. The van der Waals surface area contributed by atoms with E-state index in [1.165, 1.54) is 0 Å². The first-order chi connectivity index (χ1) is 9.33. The van der Waals surface area contributed by atoms with E-state index in [9.17, 15) is 4.79 Å². The third kappa shape index (κ3) is 2.44. The van der Waals surface area contributed by atoms with Crippen LogP contribution in [-0.2, 0) is 6.54 Å². The zero-order valence-corrected chi connectivity index (χ0v) is 10.1. The van der Waals surface area contributed by atoms with Crippen molar-refractivity contribution in [3.8, 4) is 0 Å². The Balaban J connectivity index is 1.70. The van der Waals surface area contributed by atoms with E-state index in [4.69, 9.17) is 0 Å². The zero-order chi connectivity index (χ0) is 13.1. The first kappa shape index (κ1) is 11.4. The average Bonchev–Trinajstić information content (AvgIpc) is 2.93. The van der Waals surface area contributed by atoms with Gasteiger partial charge in [0, 0.05) is 18.9 Å². The highest BCUT2D eigenvalue weighted by molar-refractivity contribution is 5.93. The van der Waals surface area contributed by atoms with Crippen molar-refractivity contribution in [3.05, 3.63) is 60.2 Å². The quantitative estimate of drug-likeness (QED) is 0.747. The first-order valence-corrected chi connectivity index (χ1v) is 5.93. The summed E-state index contributed by atoms with van der Waals surface area (Å²) in [5.41, 5.74) is 3.47. The molecule has 5 nitrogen and oxygen atoms in total. The van der Waals surface area contributed by atoms with E-state index in [0.29, 0.717) is 12.1 Å². The lowest BCUT2D eigenvalue weighted by Gasteiger charge is -2.05. The Kier molecular flexibility index (Phi) is 2.94. The van der Waals surface area contributed by atoms with Crippen LogP contribution < -0.4 is 5.32 Å². The van der Waals surface area contributed by atoms with Crippen LogP contribution in [0.15, 0.2) is 49.1 Å². The molecule has 94 valence electrons. The predicted molar refractivity (Wildman–Crippen MR) is 71.5 cm³/mol. The molecule has 0 atom stereocenters. The fraction of sp³-hybridized carbons (Fsp3) is 0.0714. The van der Waals surface area contributed by atoms with E-state index >= 15 is 0 Å². The number of aromatic nitrogens is 3. The van der Waals surface area contributed by atoms with Gasteiger partial charge in [0.05, 0.1) is 22.9 Å². The van der Waals surface area contributed by atoms with E-state index < -0.39 is 0 Å². The molecule has 2 aromatic heterocycles. The molecule has 1 amide bonds. The smallest absolute Gasteiger partial charge is 0.253 e. The van der Waals surface area contributed by atoms with Crippen LogP contribution in [0.4, 0.5) is 0 Å². The number of fused-ring (bicyclic) bond motifs is 1. The van der Waals surface area contributed by atoms with E-state index in [0.717, 1.165) is 16.6 Å². The van der Waals surface area contributed by atoms with Crippen LogP contribution in [0, 0.1) is 0 Å². The van der Waals surface area contributed by atoms with E-state index in [-0.39, 0.29) is 5.91 Å². The van der Waals surface area contributed by atoms with Crippen molar-refractivity contribution in [1.82, 2.24) is 20.3 Å². The molecule has 19 heavy (non-hydrogen) atoms. The van der Waals surface area contributed by atoms with Crippen molar-refractivity contribution < 1.29 is 4.79 Å². The molecule has 0 aliphatic heterocycles. The van der Waals surface area contributed by atoms with E-state index in [1.807, 2.05) is 18.2 Å². The molecule has 0 bridgehead atoms. The monoisotopic (exact) mass is 252 g/mol. The van der Waals surface area contributed by atoms with Crippen LogP contribution in [0.5, 0.6) is 0 Å². The average molecular weight is 252 g/mol. The van der Waals surface area contributed by atoms with Crippen molar-refractivity contribution in [2.24, 2.45) is 0 Å². The summed E-state index contributed by atoms with van der Waals surface area (Å²) in [5.74, 6) is -0.127. The van der Waals surface area contributed by atoms with Gasteiger partial charge in [0.2, 0.25) is 0 Å². The number of aromatic amines is 1. The molecule has 3 rings (SSSR count). The van der Waals surface area contributed by atoms with Crippen LogP contribution in [0.2, 0.25) is 0 Å². The molecule has 0 unspecified atom stereocenters. The first-order valence-electron chi connectivity index (χ1n) is 5.93. The van der Waals surface area contributed by atoms with Gasteiger partial charge >= 0.3 is 0 Å². The molecule has 2 heterocycles. The lowest BCUT2D eigenvalue weighted by molar-refractivity contribution is 0.0950. The minimum Gasteiger partial charge on any atom is -0.348 e. The summed E-state index contributed by atoms with van der Waals surface area (Å²) in [7, 11) is 0. The maximum absolute atomic E-state index is 11.9. The number of benzene rings is 1. The molecule has 3 aromatic rings. The van der Waals surface area contributed by atoms with Crippen LogP contribution in [0.1, 0.15) is 15.9 Å². The molecule has 0 aliphatic carbocycles. The number of nitrogens with zero attached hydrogens (tertiary/aromatic N) is 2. The number of nitrogens with one attached hydrogen (secondary N) is 2. The van der Waals surface area contributed by atoms with Crippen molar-refractivity contribution in [2.75, 3.05) is 0 Å². The summed E-state index contributed by atoms with van der Waals surface area (Å²) in [4.78, 5) is 23.0. The SMILES string of the molecule is O=C(NCc1ccc2nc[nH]c2c1)c1cccnc1. The van der Waals surface area contributed by atoms with Gasteiger partial charge in [-0.2, -0.15) is 0 Å². The Bertz CT molecular complexity index is 706. The summed E-state index contributed by atoms with van der Waals surface area (Å²) in [6, 6.07) is 9.34. The summed E-state index contributed by atoms with van der Waals surface area (Å²) in [6.45, 7) is 0.475. The normalized spacial score (nSPS) is 10.5. The molecule has 0 aliphatic rings. The second-order valence-corrected chi connectivity index (χ2v) is 4.18. The second-order valence-electron chi connectivity index (χ2n) is 4.18. The van der Waals surface area contributed by atoms with Gasteiger partial charge in [0.25, 0.3) is 5.91 Å². The van der Waals surface area contributed by atoms with Crippen LogP contribution in [0.3, 0.4) is 0 Å². The second kappa shape index (κ2) is 4.89. The predicted octanol–water partition coefficient (Wildman–Crippen LogP) is 1.89. The minimum atomic E-state index is -0.127. The molecule has 0 fully saturated rings. The minimum absolute atomic E-state index is 0.127. The zero-order valence-electron chi connectivity index (χ0n) is 10.1. The number of hydrogen-bond donors (Lipinski definition) is 2. The number of carbonyl (C=O) groups excluding carboxylic acids is 1. The molecule has 2 N–H and O–H groups in total. The molecular formula is C14H12N4O. The Hall–Kier alpha value is -2.69. The highest BCUT2D eigenvalue weighted by Gasteiger charge is 2.05. The number of amides is 1. The Morgan fingerprint density at radius 2 is 2.26 bits per heavy atom. The maximum atomic E-state index is 11.9. The van der Waals surface area contributed by atoms with Gasteiger partial charge in [-0.15, -0.1) is 0 Å². The third-order valence-electron chi connectivity index (χ3n) is 2.86. The summed E-state index contributed by atoms with van der Waals surface area (Å²) < 4.78 is 0. The molecule has 5 heteroatoms.